The second kappa shape index (κ2) is 9.11. The van der Waals surface area contributed by atoms with E-state index in [0.717, 1.165) is 30.1 Å². The number of allylic oxidation sites excluding steroid dienone is 1. The highest BCUT2D eigenvalue weighted by Gasteiger charge is 2.26. The average Bonchev–Trinajstić information content (AvgIpc) is 3.36. The number of methoxy groups -OCH3 is 1. The first-order valence-electron chi connectivity index (χ1n) is 11.2. The second-order valence-electron chi connectivity index (χ2n) is 8.81. The van der Waals surface area contributed by atoms with Crippen LogP contribution in [0.4, 0.5) is 0 Å². The lowest BCUT2D eigenvalue weighted by Crippen LogP contribution is -2.25. The molecule has 0 bridgehead atoms. The van der Waals surface area contributed by atoms with Crippen LogP contribution in [0.1, 0.15) is 60.2 Å². The molecule has 4 nitrogen and oxygen atoms in total. The van der Waals surface area contributed by atoms with Gasteiger partial charge in [-0.1, -0.05) is 50.3 Å². The van der Waals surface area contributed by atoms with E-state index in [1.54, 1.807) is 7.11 Å². The first-order valence-corrected chi connectivity index (χ1v) is 11.2. The molecule has 0 aliphatic heterocycles. The summed E-state index contributed by atoms with van der Waals surface area (Å²) in [6, 6.07) is 17.4. The molecule has 0 saturated carbocycles. The lowest BCUT2D eigenvalue weighted by Gasteiger charge is -2.15. The molecular weight excluding hydrogens is 382 g/mol. The van der Waals surface area contributed by atoms with Crippen molar-refractivity contribution in [3.05, 3.63) is 88.8 Å². The summed E-state index contributed by atoms with van der Waals surface area (Å²) in [5, 5.41) is 8.56. The van der Waals surface area contributed by atoms with Gasteiger partial charge in [-0.15, -0.1) is 0 Å². The molecule has 4 heteroatoms. The van der Waals surface area contributed by atoms with E-state index in [2.05, 4.69) is 86.2 Å². The zero-order valence-corrected chi connectivity index (χ0v) is 19.2. The van der Waals surface area contributed by atoms with Gasteiger partial charge in [-0.25, -0.2) is 4.68 Å². The van der Waals surface area contributed by atoms with Crippen molar-refractivity contribution < 1.29 is 4.74 Å². The van der Waals surface area contributed by atoms with Crippen LogP contribution in [0.5, 0.6) is 5.75 Å². The number of benzene rings is 2. The number of nitrogens with zero attached hydrogens (tertiary/aromatic N) is 2. The molecule has 0 saturated heterocycles. The fourth-order valence-electron chi connectivity index (χ4n) is 4.50. The smallest absolute Gasteiger partial charge is 0.118 e. The molecule has 162 valence electrons. The molecule has 1 aliphatic carbocycles. The maximum absolute atomic E-state index is 5.24. The van der Waals surface area contributed by atoms with Crippen LogP contribution in [-0.2, 0) is 6.54 Å². The normalized spacial score (nSPS) is 18.1. The van der Waals surface area contributed by atoms with Gasteiger partial charge >= 0.3 is 0 Å². The Hall–Kier alpha value is -2.85. The molecule has 4 rings (SSSR count). The van der Waals surface area contributed by atoms with Crippen LogP contribution in [0.25, 0.3) is 5.69 Å². The summed E-state index contributed by atoms with van der Waals surface area (Å²) >= 11 is 0. The number of ether oxygens (including phenoxy) is 1. The highest BCUT2D eigenvalue weighted by molar-refractivity contribution is 5.42. The molecule has 0 spiro atoms. The first kappa shape index (κ1) is 21.4. The molecular formula is C27H33N3O. The van der Waals surface area contributed by atoms with Gasteiger partial charge in [0.2, 0.25) is 0 Å². The Kier molecular flexibility index (Phi) is 6.28. The van der Waals surface area contributed by atoms with Crippen molar-refractivity contribution in [2.75, 3.05) is 7.11 Å². The Morgan fingerprint density at radius 2 is 1.74 bits per heavy atom. The Labute approximate surface area is 186 Å². The molecule has 0 radical (unpaired) electrons. The summed E-state index contributed by atoms with van der Waals surface area (Å²) in [6.45, 7) is 9.62. The minimum Gasteiger partial charge on any atom is -0.497 e. The quantitative estimate of drug-likeness (QED) is 0.494. The van der Waals surface area contributed by atoms with Crippen molar-refractivity contribution in [3.8, 4) is 11.4 Å². The minimum atomic E-state index is 0.375. The summed E-state index contributed by atoms with van der Waals surface area (Å²) in [6.07, 6.45) is 5.71. The number of aromatic nitrogens is 2. The molecule has 0 fully saturated rings. The van der Waals surface area contributed by atoms with Gasteiger partial charge in [-0.2, -0.15) is 5.10 Å². The fourth-order valence-corrected chi connectivity index (χ4v) is 4.50. The fraction of sp³-hybridized carbons (Fsp3) is 0.370. The van der Waals surface area contributed by atoms with Crippen LogP contribution in [0, 0.1) is 13.8 Å². The number of nitrogens with one attached hydrogen (secondary N) is 1. The van der Waals surface area contributed by atoms with Crippen molar-refractivity contribution in [2.45, 2.75) is 58.5 Å². The zero-order chi connectivity index (χ0) is 22.0. The number of hydrogen-bond donors (Lipinski definition) is 1. The van der Waals surface area contributed by atoms with Crippen LogP contribution in [0.2, 0.25) is 0 Å². The van der Waals surface area contributed by atoms with Gasteiger partial charge in [0, 0.05) is 29.8 Å². The molecule has 1 aliphatic rings. The Morgan fingerprint density at radius 3 is 2.39 bits per heavy atom. The average molecular weight is 416 g/mol. The Balaban J connectivity index is 1.43. The Bertz CT molecular complexity index is 1050. The van der Waals surface area contributed by atoms with Crippen molar-refractivity contribution in [1.82, 2.24) is 15.1 Å². The molecule has 31 heavy (non-hydrogen) atoms. The van der Waals surface area contributed by atoms with Crippen molar-refractivity contribution in [2.24, 2.45) is 0 Å². The van der Waals surface area contributed by atoms with E-state index in [-0.39, 0.29) is 0 Å². The number of rotatable bonds is 7. The lowest BCUT2D eigenvalue weighted by atomic mass is 9.95. The van der Waals surface area contributed by atoms with E-state index in [0.29, 0.717) is 17.9 Å². The molecule has 2 atom stereocenters. The van der Waals surface area contributed by atoms with Crippen LogP contribution < -0.4 is 10.1 Å². The SMILES string of the molecule is COc1ccc(CN[C@@H]2C=C[C@H](c3c(C)nn(-c4ccc(C(C)C)cc4)c3C)C2)cc1. The number of hydrogen-bond acceptors (Lipinski definition) is 3. The summed E-state index contributed by atoms with van der Waals surface area (Å²) in [4.78, 5) is 0. The van der Waals surface area contributed by atoms with E-state index in [1.807, 2.05) is 12.1 Å². The predicted octanol–water partition coefficient (Wildman–Crippen LogP) is 5.82. The standard InChI is InChI=1S/C27H33N3O/c1-18(2)22-9-12-25(13-10-22)30-20(4)27(19(3)29-30)23-8-11-24(16-23)28-17-21-6-14-26(31-5)15-7-21/h6-15,18,23-24,28H,16-17H2,1-5H3/t23-,24+/m0/s1. The molecule has 1 heterocycles. The molecule has 1 N–H and O–H groups in total. The van der Waals surface area contributed by atoms with E-state index >= 15 is 0 Å². The third-order valence-electron chi connectivity index (χ3n) is 6.33. The van der Waals surface area contributed by atoms with Gasteiger partial charge in [-0.05, 0) is 61.6 Å². The molecule has 0 amide bonds. The summed E-state index contributed by atoms with van der Waals surface area (Å²) < 4.78 is 7.34. The van der Waals surface area contributed by atoms with Gasteiger partial charge in [0.25, 0.3) is 0 Å². The van der Waals surface area contributed by atoms with E-state index < -0.39 is 0 Å². The first-order chi connectivity index (χ1) is 15.0. The Morgan fingerprint density at radius 1 is 1.03 bits per heavy atom. The molecule has 3 aromatic rings. The van der Waals surface area contributed by atoms with Crippen LogP contribution in [0.3, 0.4) is 0 Å². The highest BCUT2D eigenvalue weighted by atomic mass is 16.5. The minimum absolute atomic E-state index is 0.375. The van der Waals surface area contributed by atoms with Crippen molar-refractivity contribution >= 4 is 0 Å². The van der Waals surface area contributed by atoms with Crippen LogP contribution in [-0.4, -0.2) is 22.9 Å². The third-order valence-corrected chi connectivity index (χ3v) is 6.33. The lowest BCUT2D eigenvalue weighted by molar-refractivity contribution is 0.414. The zero-order valence-electron chi connectivity index (χ0n) is 19.2. The van der Waals surface area contributed by atoms with Gasteiger partial charge in [0.1, 0.15) is 5.75 Å². The maximum atomic E-state index is 5.24. The van der Waals surface area contributed by atoms with Gasteiger partial charge in [0.15, 0.2) is 0 Å². The van der Waals surface area contributed by atoms with Crippen molar-refractivity contribution in [3.63, 3.8) is 0 Å². The largest absolute Gasteiger partial charge is 0.497 e. The molecule has 1 aromatic heterocycles. The maximum Gasteiger partial charge on any atom is 0.118 e. The summed E-state index contributed by atoms with van der Waals surface area (Å²) in [5.74, 6) is 1.83. The van der Waals surface area contributed by atoms with Gasteiger partial charge in [0.05, 0.1) is 18.5 Å². The van der Waals surface area contributed by atoms with Gasteiger partial charge in [-0.3, -0.25) is 0 Å². The van der Waals surface area contributed by atoms with E-state index in [1.165, 1.54) is 22.4 Å². The van der Waals surface area contributed by atoms with Gasteiger partial charge < -0.3 is 10.1 Å². The van der Waals surface area contributed by atoms with E-state index in [4.69, 9.17) is 9.84 Å². The van der Waals surface area contributed by atoms with Crippen molar-refractivity contribution in [1.29, 1.82) is 0 Å². The van der Waals surface area contributed by atoms with Crippen LogP contribution >= 0.6 is 0 Å². The third kappa shape index (κ3) is 4.59. The monoisotopic (exact) mass is 415 g/mol. The topological polar surface area (TPSA) is 39.1 Å². The van der Waals surface area contributed by atoms with E-state index in [9.17, 15) is 0 Å². The summed E-state index contributed by atoms with van der Waals surface area (Å²) in [7, 11) is 1.70. The highest BCUT2D eigenvalue weighted by Crippen LogP contribution is 2.34. The summed E-state index contributed by atoms with van der Waals surface area (Å²) in [5.41, 5.74) is 7.47. The predicted molar refractivity (Wildman–Crippen MR) is 127 cm³/mol. The molecule has 0 unspecified atom stereocenters. The second-order valence-corrected chi connectivity index (χ2v) is 8.81. The molecule has 2 aromatic carbocycles. The number of aryl methyl sites for hydroxylation is 1. The van der Waals surface area contributed by atoms with Crippen LogP contribution in [0.15, 0.2) is 60.7 Å².